The number of hydrogen-bond acceptors (Lipinski definition) is 4. The highest BCUT2D eigenvalue weighted by atomic mass is 16.6. The van der Waals surface area contributed by atoms with Crippen LogP contribution in [0.1, 0.15) is 16.1 Å². The van der Waals surface area contributed by atoms with Crippen molar-refractivity contribution < 1.29 is 14.8 Å². The molecule has 0 aliphatic carbocycles. The number of pyridine rings is 1. The predicted molar refractivity (Wildman–Crippen MR) is 68.0 cm³/mol. The van der Waals surface area contributed by atoms with Gasteiger partial charge in [-0.25, -0.2) is 4.79 Å². The maximum absolute atomic E-state index is 11.0. The molecule has 1 N–H and O–H groups in total. The highest BCUT2D eigenvalue weighted by Crippen LogP contribution is 2.25. The highest BCUT2D eigenvalue weighted by molar-refractivity contribution is 5.90. The van der Waals surface area contributed by atoms with Gasteiger partial charge in [0.05, 0.1) is 10.5 Å². The number of nitro groups is 1. The fraction of sp³-hybridized carbons (Fsp3) is 0.0769. The number of carboxylic acid groups (broad SMARTS) is 1. The van der Waals surface area contributed by atoms with Crippen LogP contribution in [0.15, 0.2) is 36.5 Å². The average Bonchev–Trinajstić information content (AvgIpc) is 2.39. The van der Waals surface area contributed by atoms with E-state index in [-0.39, 0.29) is 11.3 Å². The van der Waals surface area contributed by atoms with Gasteiger partial charge < -0.3 is 5.11 Å². The lowest BCUT2D eigenvalue weighted by atomic mass is 10.0. The molecule has 6 nitrogen and oxygen atoms in total. The summed E-state index contributed by atoms with van der Waals surface area (Å²) in [7, 11) is 0. The molecule has 0 fully saturated rings. The molecule has 19 heavy (non-hydrogen) atoms. The molecule has 6 heteroatoms. The minimum atomic E-state index is -1.20. The summed E-state index contributed by atoms with van der Waals surface area (Å²) in [5.41, 5.74) is 1.53. The number of carboxylic acids is 1. The number of hydrogen-bond donors (Lipinski definition) is 1. The Bertz CT molecular complexity index is 618. The number of carbonyl (C=O) groups is 1. The molecule has 0 atom stereocenters. The molecular weight excluding hydrogens is 248 g/mol. The lowest BCUT2D eigenvalue weighted by molar-refractivity contribution is -0.384. The van der Waals surface area contributed by atoms with E-state index >= 15 is 0 Å². The minimum absolute atomic E-state index is 0.121. The van der Waals surface area contributed by atoms with Crippen LogP contribution in [0.2, 0.25) is 0 Å². The molecule has 0 saturated heterocycles. The quantitative estimate of drug-likeness (QED) is 0.674. The summed E-state index contributed by atoms with van der Waals surface area (Å²) in [5, 5.41) is 19.8. The molecule has 2 rings (SSSR count). The van der Waals surface area contributed by atoms with Gasteiger partial charge in [-0.15, -0.1) is 0 Å². The van der Waals surface area contributed by atoms with Crippen LogP contribution in [-0.2, 0) is 0 Å². The molecule has 0 amide bonds. The summed E-state index contributed by atoms with van der Waals surface area (Å²) in [4.78, 5) is 25.3. The lowest BCUT2D eigenvalue weighted by Gasteiger charge is -2.04. The van der Waals surface area contributed by atoms with E-state index in [1.54, 1.807) is 18.3 Å². The fourth-order valence-corrected chi connectivity index (χ4v) is 1.65. The second-order valence-corrected chi connectivity index (χ2v) is 4.02. The van der Waals surface area contributed by atoms with Crippen molar-refractivity contribution in [2.45, 2.75) is 6.92 Å². The van der Waals surface area contributed by atoms with Crippen LogP contribution in [0.4, 0.5) is 5.69 Å². The monoisotopic (exact) mass is 258 g/mol. The Morgan fingerprint density at radius 3 is 2.53 bits per heavy atom. The van der Waals surface area contributed by atoms with Gasteiger partial charge in [-0.1, -0.05) is 6.07 Å². The summed E-state index contributed by atoms with van der Waals surface area (Å²) in [6.07, 6.45) is 1.56. The van der Waals surface area contributed by atoms with E-state index < -0.39 is 10.9 Å². The molecule has 0 spiro atoms. The topological polar surface area (TPSA) is 93.3 Å². The molecule has 1 aromatic heterocycles. The van der Waals surface area contributed by atoms with E-state index in [0.29, 0.717) is 11.1 Å². The molecule has 0 unspecified atom stereocenters. The van der Waals surface area contributed by atoms with E-state index in [9.17, 15) is 14.9 Å². The van der Waals surface area contributed by atoms with Crippen molar-refractivity contribution in [3.05, 3.63) is 57.9 Å². The van der Waals surface area contributed by atoms with Gasteiger partial charge in [-0.2, -0.15) is 0 Å². The molecule has 0 bridgehead atoms. The number of non-ortho nitro benzene ring substituents is 1. The Morgan fingerprint density at radius 2 is 2.00 bits per heavy atom. The maximum Gasteiger partial charge on any atom is 0.335 e. The number of rotatable bonds is 3. The second-order valence-electron chi connectivity index (χ2n) is 4.02. The van der Waals surface area contributed by atoms with Gasteiger partial charge in [0.1, 0.15) is 0 Å². The van der Waals surface area contributed by atoms with Gasteiger partial charge in [-0.05, 0) is 24.6 Å². The first-order chi connectivity index (χ1) is 8.97. The zero-order valence-electron chi connectivity index (χ0n) is 10.0. The van der Waals surface area contributed by atoms with E-state index in [2.05, 4.69) is 4.98 Å². The molecule has 2 aromatic rings. The van der Waals surface area contributed by atoms with E-state index in [0.717, 1.165) is 11.8 Å². The molecule has 0 radical (unpaired) electrons. The smallest absolute Gasteiger partial charge is 0.335 e. The molecule has 0 aliphatic rings. The third-order valence-corrected chi connectivity index (χ3v) is 2.62. The van der Waals surface area contributed by atoms with Crippen molar-refractivity contribution in [2.24, 2.45) is 0 Å². The van der Waals surface area contributed by atoms with Crippen molar-refractivity contribution in [1.29, 1.82) is 0 Å². The van der Waals surface area contributed by atoms with Gasteiger partial charge in [0.25, 0.3) is 5.69 Å². The third kappa shape index (κ3) is 2.74. The molecule has 96 valence electrons. The van der Waals surface area contributed by atoms with Crippen LogP contribution < -0.4 is 0 Å². The minimum Gasteiger partial charge on any atom is -0.478 e. The first-order valence-electron chi connectivity index (χ1n) is 5.43. The zero-order chi connectivity index (χ0) is 14.0. The maximum atomic E-state index is 11.0. The highest BCUT2D eigenvalue weighted by Gasteiger charge is 2.14. The summed E-state index contributed by atoms with van der Waals surface area (Å²) < 4.78 is 0. The van der Waals surface area contributed by atoms with Crippen LogP contribution in [0.25, 0.3) is 11.1 Å². The number of nitro benzene ring substituents is 1. The Kier molecular flexibility index (Phi) is 3.24. The van der Waals surface area contributed by atoms with Crippen molar-refractivity contribution in [1.82, 2.24) is 4.98 Å². The molecular formula is C13H10N2O4. The van der Waals surface area contributed by atoms with E-state index in [1.807, 2.05) is 6.92 Å². The zero-order valence-corrected chi connectivity index (χ0v) is 10.0. The van der Waals surface area contributed by atoms with Gasteiger partial charge >= 0.3 is 5.97 Å². The molecule has 1 aromatic carbocycles. The number of aromatic carboxylic acids is 1. The normalized spacial score (nSPS) is 10.2. The van der Waals surface area contributed by atoms with Crippen molar-refractivity contribution in [3.63, 3.8) is 0 Å². The summed E-state index contributed by atoms with van der Waals surface area (Å²) in [6, 6.07) is 7.26. The molecule has 0 aliphatic heterocycles. The van der Waals surface area contributed by atoms with Crippen LogP contribution in [0.5, 0.6) is 0 Å². The number of benzene rings is 1. The standard InChI is InChI=1S/C13H10N2O4/c1-8-2-3-9(7-14-8)10-4-11(13(16)17)6-12(5-10)15(18)19/h2-7H,1H3,(H,16,17). The summed E-state index contributed by atoms with van der Waals surface area (Å²) in [5.74, 6) is -1.20. The molecule has 1 heterocycles. The van der Waals surface area contributed by atoms with Crippen LogP contribution in [0, 0.1) is 17.0 Å². The van der Waals surface area contributed by atoms with Crippen LogP contribution in [0.3, 0.4) is 0 Å². The van der Waals surface area contributed by atoms with Crippen molar-refractivity contribution >= 4 is 11.7 Å². The van der Waals surface area contributed by atoms with Crippen LogP contribution in [-0.4, -0.2) is 21.0 Å². The summed E-state index contributed by atoms with van der Waals surface area (Å²) in [6.45, 7) is 1.82. The predicted octanol–water partition coefficient (Wildman–Crippen LogP) is 2.66. The first-order valence-corrected chi connectivity index (χ1v) is 5.43. The Labute approximate surface area is 108 Å². The van der Waals surface area contributed by atoms with Crippen LogP contribution >= 0.6 is 0 Å². The lowest BCUT2D eigenvalue weighted by Crippen LogP contribution is -1.99. The number of aromatic nitrogens is 1. The fourth-order valence-electron chi connectivity index (χ4n) is 1.65. The van der Waals surface area contributed by atoms with Crippen molar-refractivity contribution in [3.8, 4) is 11.1 Å². The van der Waals surface area contributed by atoms with Gasteiger partial charge in [0.2, 0.25) is 0 Å². The van der Waals surface area contributed by atoms with Gasteiger partial charge in [-0.3, -0.25) is 15.1 Å². The molecule has 0 saturated carbocycles. The van der Waals surface area contributed by atoms with Crippen molar-refractivity contribution in [2.75, 3.05) is 0 Å². The van der Waals surface area contributed by atoms with E-state index in [4.69, 9.17) is 5.11 Å². The van der Waals surface area contributed by atoms with Gasteiger partial charge in [0, 0.05) is 29.6 Å². The Balaban J connectivity index is 2.59. The average molecular weight is 258 g/mol. The third-order valence-electron chi connectivity index (χ3n) is 2.62. The number of aryl methyl sites for hydroxylation is 1. The Morgan fingerprint density at radius 1 is 1.26 bits per heavy atom. The Hall–Kier alpha value is -2.76. The first kappa shape index (κ1) is 12.7. The number of nitrogens with zero attached hydrogens (tertiary/aromatic N) is 2. The second kappa shape index (κ2) is 4.85. The SMILES string of the molecule is Cc1ccc(-c2cc(C(=O)O)cc([N+](=O)[O-])c2)cn1. The summed E-state index contributed by atoms with van der Waals surface area (Å²) >= 11 is 0. The van der Waals surface area contributed by atoms with Gasteiger partial charge in [0.15, 0.2) is 0 Å². The van der Waals surface area contributed by atoms with E-state index in [1.165, 1.54) is 12.1 Å². The largest absolute Gasteiger partial charge is 0.478 e.